The summed E-state index contributed by atoms with van der Waals surface area (Å²) in [6.07, 6.45) is 2.69. The molecule has 0 aromatic heterocycles. The van der Waals surface area contributed by atoms with Crippen LogP contribution in [-0.4, -0.2) is 42.5 Å². The highest BCUT2D eigenvalue weighted by Crippen LogP contribution is 2.38. The van der Waals surface area contributed by atoms with E-state index in [1.54, 1.807) is 0 Å². The van der Waals surface area contributed by atoms with Crippen molar-refractivity contribution in [1.29, 1.82) is 0 Å². The SMILES string of the molecule is Cc1ccc(C2=C(N3CCCc4ccccc43)C(=O)N(CCCOC(C)C)C2=O)cc1C. The highest BCUT2D eigenvalue weighted by atomic mass is 16.5. The summed E-state index contributed by atoms with van der Waals surface area (Å²) >= 11 is 0. The molecular weight excluding hydrogens is 400 g/mol. The van der Waals surface area contributed by atoms with Crippen LogP contribution in [0.2, 0.25) is 0 Å². The Morgan fingerprint density at radius 2 is 1.78 bits per heavy atom. The molecule has 0 atom stereocenters. The van der Waals surface area contributed by atoms with Crippen molar-refractivity contribution in [3.8, 4) is 0 Å². The van der Waals surface area contributed by atoms with E-state index in [1.807, 2.05) is 51.1 Å². The van der Waals surface area contributed by atoms with E-state index in [0.717, 1.165) is 36.2 Å². The lowest BCUT2D eigenvalue weighted by Gasteiger charge is -2.32. The normalized spacial score (nSPS) is 16.4. The maximum absolute atomic E-state index is 13.7. The first-order valence-corrected chi connectivity index (χ1v) is 11.5. The Hall–Kier alpha value is -2.92. The molecule has 0 saturated carbocycles. The van der Waals surface area contributed by atoms with Gasteiger partial charge >= 0.3 is 0 Å². The van der Waals surface area contributed by atoms with Gasteiger partial charge in [0.1, 0.15) is 5.70 Å². The summed E-state index contributed by atoms with van der Waals surface area (Å²) < 4.78 is 5.63. The summed E-state index contributed by atoms with van der Waals surface area (Å²) in [6, 6.07) is 14.2. The van der Waals surface area contributed by atoms with E-state index in [-0.39, 0.29) is 17.9 Å². The monoisotopic (exact) mass is 432 g/mol. The molecule has 2 aromatic rings. The second-order valence-corrected chi connectivity index (χ2v) is 8.94. The van der Waals surface area contributed by atoms with Gasteiger partial charge in [-0.2, -0.15) is 0 Å². The summed E-state index contributed by atoms with van der Waals surface area (Å²) in [5.74, 6) is -0.412. The maximum atomic E-state index is 13.7. The van der Waals surface area contributed by atoms with Crippen molar-refractivity contribution < 1.29 is 14.3 Å². The fraction of sp³-hybridized carbons (Fsp3) is 0.407. The minimum Gasteiger partial charge on any atom is -0.379 e. The van der Waals surface area contributed by atoms with Gasteiger partial charge in [0.25, 0.3) is 11.8 Å². The van der Waals surface area contributed by atoms with Gasteiger partial charge in [-0.25, -0.2) is 0 Å². The Balaban J connectivity index is 1.75. The van der Waals surface area contributed by atoms with E-state index in [1.165, 1.54) is 16.0 Å². The minimum absolute atomic E-state index is 0.129. The van der Waals surface area contributed by atoms with Gasteiger partial charge in [-0.05, 0) is 75.3 Å². The molecule has 4 rings (SSSR count). The summed E-state index contributed by atoms with van der Waals surface area (Å²) in [6.45, 7) is 9.67. The van der Waals surface area contributed by atoms with Crippen molar-refractivity contribution in [3.63, 3.8) is 0 Å². The number of benzene rings is 2. The number of nitrogens with zero attached hydrogens (tertiary/aromatic N) is 2. The Morgan fingerprint density at radius 3 is 2.53 bits per heavy atom. The van der Waals surface area contributed by atoms with Crippen LogP contribution in [0.15, 0.2) is 48.2 Å². The summed E-state index contributed by atoms with van der Waals surface area (Å²) in [4.78, 5) is 30.7. The third-order valence-corrected chi connectivity index (χ3v) is 6.30. The van der Waals surface area contributed by atoms with Gasteiger partial charge in [0.15, 0.2) is 0 Å². The molecule has 168 valence electrons. The molecular formula is C27H32N2O3. The van der Waals surface area contributed by atoms with Crippen molar-refractivity contribution in [1.82, 2.24) is 4.90 Å². The molecule has 5 nitrogen and oxygen atoms in total. The molecule has 2 aliphatic rings. The lowest BCUT2D eigenvalue weighted by atomic mass is 9.97. The lowest BCUT2D eigenvalue weighted by molar-refractivity contribution is -0.137. The average molecular weight is 433 g/mol. The zero-order valence-corrected chi connectivity index (χ0v) is 19.5. The van der Waals surface area contributed by atoms with Crippen LogP contribution in [0.3, 0.4) is 0 Å². The minimum atomic E-state index is -0.208. The van der Waals surface area contributed by atoms with E-state index in [2.05, 4.69) is 24.0 Å². The molecule has 32 heavy (non-hydrogen) atoms. The molecule has 2 heterocycles. The quantitative estimate of drug-likeness (QED) is 0.472. The molecule has 0 N–H and O–H groups in total. The second kappa shape index (κ2) is 9.29. The van der Waals surface area contributed by atoms with Crippen LogP contribution < -0.4 is 4.90 Å². The molecule has 2 aromatic carbocycles. The number of amides is 2. The Morgan fingerprint density at radius 1 is 1.00 bits per heavy atom. The van der Waals surface area contributed by atoms with Gasteiger partial charge in [0.05, 0.1) is 11.7 Å². The molecule has 0 radical (unpaired) electrons. The van der Waals surface area contributed by atoms with E-state index in [4.69, 9.17) is 4.74 Å². The van der Waals surface area contributed by atoms with Crippen molar-refractivity contribution in [2.24, 2.45) is 0 Å². The van der Waals surface area contributed by atoms with Crippen LogP contribution in [-0.2, 0) is 20.7 Å². The molecule has 2 aliphatic heterocycles. The van der Waals surface area contributed by atoms with Gasteiger partial charge in [0.2, 0.25) is 0 Å². The fourth-order valence-electron chi connectivity index (χ4n) is 4.48. The number of carbonyl (C=O) groups is 2. The molecule has 0 spiro atoms. The van der Waals surface area contributed by atoms with Crippen LogP contribution in [0.1, 0.15) is 48.9 Å². The second-order valence-electron chi connectivity index (χ2n) is 8.94. The summed E-state index contributed by atoms with van der Waals surface area (Å²) in [5, 5.41) is 0. The molecule has 0 saturated heterocycles. The standard InChI is InChI=1S/C27H32N2O3/c1-18(2)32-16-8-15-29-26(30)24(22-13-12-19(3)20(4)17-22)25(27(29)31)28-14-7-10-21-9-5-6-11-23(21)28/h5-6,9,11-13,17-18H,7-8,10,14-16H2,1-4H3. The van der Waals surface area contributed by atoms with Crippen LogP contribution in [0.5, 0.6) is 0 Å². The number of anilines is 1. The lowest BCUT2D eigenvalue weighted by Crippen LogP contribution is -2.38. The van der Waals surface area contributed by atoms with Crippen molar-refractivity contribution in [2.45, 2.75) is 53.1 Å². The van der Waals surface area contributed by atoms with Crippen molar-refractivity contribution in [3.05, 3.63) is 70.4 Å². The number of carbonyl (C=O) groups excluding carboxylic acids is 2. The zero-order valence-electron chi connectivity index (χ0n) is 19.5. The smallest absolute Gasteiger partial charge is 0.278 e. The van der Waals surface area contributed by atoms with E-state index < -0.39 is 0 Å². The number of rotatable bonds is 7. The largest absolute Gasteiger partial charge is 0.379 e. The highest BCUT2D eigenvalue weighted by Gasteiger charge is 2.42. The summed E-state index contributed by atoms with van der Waals surface area (Å²) in [5.41, 5.74) is 6.35. The number of ether oxygens (including phenoxy) is 1. The van der Waals surface area contributed by atoms with Crippen molar-refractivity contribution >= 4 is 23.1 Å². The van der Waals surface area contributed by atoms with Crippen LogP contribution in [0, 0.1) is 13.8 Å². The number of hydrogen-bond donors (Lipinski definition) is 0. The van der Waals surface area contributed by atoms with Crippen LogP contribution >= 0.6 is 0 Å². The Bertz CT molecular complexity index is 1070. The molecule has 0 bridgehead atoms. The number of hydrogen-bond acceptors (Lipinski definition) is 4. The number of aryl methyl sites for hydroxylation is 3. The van der Waals surface area contributed by atoms with Crippen molar-refractivity contribution in [2.75, 3.05) is 24.6 Å². The molecule has 5 heteroatoms. The average Bonchev–Trinajstić information content (AvgIpc) is 3.02. The maximum Gasteiger partial charge on any atom is 0.278 e. The third kappa shape index (κ3) is 4.22. The third-order valence-electron chi connectivity index (χ3n) is 6.30. The first-order valence-electron chi connectivity index (χ1n) is 11.5. The number of fused-ring (bicyclic) bond motifs is 1. The predicted octanol–water partition coefficient (Wildman–Crippen LogP) is 4.65. The molecule has 0 aliphatic carbocycles. The first-order chi connectivity index (χ1) is 15.4. The molecule has 0 fully saturated rings. The zero-order chi connectivity index (χ0) is 22.8. The topological polar surface area (TPSA) is 49.9 Å². The number of para-hydroxylation sites is 1. The number of imide groups is 1. The van der Waals surface area contributed by atoms with E-state index in [9.17, 15) is 9.59 Å². The van der Waals surface area contributed by atoms with E-state index >= 15 is 0 Å². The van der Waals surface area contributed by atoms with E-state index in [0.29, 0.717) is 30.8 Å². The predicted molar refractivity (Wildman–Crippen MR) is 127 cm³/mol. The van der Waals surface area contributed by atoms with Gasteiger partial charge in [-0.15, -0.1) is 0 Å². The Kier molecular flexibility index (Phi) is 6.47. The highest BCUT2D eigenvalue weighted by molar-refractivity contribution is 6.36. The van der Waals surface area contributed by atoms with Crippen LogP contribution in [0.4, 0.5) is 5.69 Å². The van der Waals surface area contributed by atoms with Crippen LogP contribution in [0.25, 0.3) is 5.57 Å². The van der Waals surface area contributed by atoms with Gasteiger partial charge in [0, 0.05) is 25.4 Å². The van der Waals surface area contributed by atoms with Gasteiger partial charge < -0.3 is 9.64 Å². The Labute approximate surface area is 190 Å². The van der Waals surface area contributed by atoms with Gasteiger partial charge in [-0.1, -0.05) is 36.4 Å². The fourth-order valence-corrected chi connectivity index (χ4v) is 4.48. The molecule has 2 amide bonds. The summed E-state index contributed by atoms with van der Waals surface area (Å²) in [7, 11) is 0. The van der Waals surface area contributed by atoms with Gasteiger partial charge in [-0.3, -0.25) is 14.5 Å². The molecule has 0 unspecified atom stereocenters. The first kappa shape index (κ1) is 22.3.